The molecule has 4 aliphatic carbocycles. The summed E-state index contributed by atoms with van der Waals surface area (Å²) in [6, 6.07) is 0. The van der Waals surface area contributed by atoms with E-state index < -0.39 is 40.2 Å². The molecule has 3 N–H and O–H groups in total. The Morgan fingerprint density at radius 1 is 1.10 bits per heavy atom. The van der Waals surface area contributed by atoms with Crippen LogP contribution in [-0.4, -0.2) is 57.3 Å². The monoisotopic (exact) mass is 572 g/mol. The molecule has 1 spiro atoms. The molecule has 0 aromatic rings. The second-order valence-electron chi connectivity index (χ2n) is 15.0. The molecule has 0 saturated heterocycles. The summed E-state index contributed by atoms with van der Waals surface area (Å²) >= 11 is 0. The van der Waals surface area contributed by atoms with Crippen molar-refractivity contribution in [1.29, 1.82) is 0 Å². The van der Waals surface area contributed by atoms with Crippen molar-refractivity contribution >= 4 is 11.9 Å². The summed E-state index contributed by atoms with van der Waals surface area (Å²) in [6.07, 6.45) is 12.8. The van der Waals surface area contributed by atoms with Gasteiger partial charge in [0.2, 0.25) is 0 Å². The molecule has 5 rings (SSSR count). The van der Waals surface area contributed by atoms with Gasteiger partial charge in [-0.2, -0.15) is 0 Å². The van der Waals surface area contributed by atoms with Crippen molar-refractivity contribution in [3.05, 3.63) is 23.8 Å². The van der Waals surface area contributed by atoms with Gasteiger partial charge in [0.1, 0.15) is 12.7 Å². The highest BCUT2D eigenvalue weighted by Crippen LogP contribution is 2.75. The third-order valence-electron chi connectivity index (χ3n) is 12.2. The van der Waals surface area contributed by atoms with E-state index in [1.165, 1.54) is 19.4 Å². The SMILES string of the molecule is CC(=O)O[C@@H]1C[C@]2(C)C=C[C@@](O)(CCC(C)C)[C@]3([C@@H]1[C@](C)(C1CCCCC1)CC[C@@H]3O)[C@@]2(O)CCC1=CC(=O)OC1. The first kappa shape index (κ1) is 30.7. The van der Waals surface area contributed by atoms with E-state index in [1.807, 2.05) is 19.1 Å². The molecule has 1 heterocycles. The normalized spacial score (nSPS) is 44.4. The number of aliphatic hydroxyl groups excluding tert-OH is 1. The summed E-state index contributed by atoms with van der Waals surface area (Å²) in [4.78, 5) is 24.5. The third kappa shape index (κ3) is 4.64. The van der Waals surface area contributed by atoms with Gasteiger partial charge in [-0.05, 0) is 80.6 Å². The molecule has 0 unspecified atom stereocenters. The van der Waals surface area contributed by atoms with Crippen LogP contribution in [0.4, 0.5) is 0 Å². The lowest BCUT2D eigenvalue weighted by Gasteiger charge is -2.76. The van der Waals surface area contributed by atoms with Crippen LogP contribution in [-0.2, 0) is 19.1 Å². The zero-order valence-corrected chi connectivity index (χ0v) is 25.8. The van der Waals surface area contributed by atoms with Gasteiger partial charge < -0.3 is 24.8 Å². The second-order valence-corrected chi connectivity index (χ2v) is 15.0. The van der Waals surface area contributed by atoms with Gasteiger partial charge >= 0.3 is 11.9 Å². The molecule has 0 radical (unpaired) electrons. The Morgan fingerprint density at radius 3 is 2.41 bits per heavy atom. The maximum absolute atomic E-state index is 13.4. The van der Waals surface area contributed by atoms with Crippen molar-refractivity contribution < 1.29 is 34.4 Å². The molecular formula is C34H52O7. The van der Waals surface area contributed by atoms with Gasteiger partial charge in [-0.3, -0.25) is 4.79 Å². The second kappa shape index (κ2) is 10.8. The van der Waals surface area contributed by atoms with Crippen LogP contribution in [0.3, 0.4) is 0 Å². The summed E-state index contributed by atoms with van der Waals surface area (Å²) in [6.45, 7) is 10.2. The fourth-order valence-corrected chi connectivity index (χ4v) is 10.3. The molecule has 5 aliphatic rings. The summed E-state index contributed by atoms with van der Waals surface area (Å²) in [7, 11) is 0. The van der Waals surface area contributed by atoms with Crippen molar-refractivity contribution in [3.63, 3.8) is 0 Å². The topological polar surface area (TPSA) is 113 Å². The van der Waals surface area contributed by atoms with Gasteiger partial charge in [0, 0.05) is 24.3 Å². The standard InChI is InChI=1S/C34H52O7/c1-22(2)11-15-32(38)18-17-30(4)20-26(41-23(3)35)29-31(5,25-9-7-6-8-10-25)14-13-27(36)34(29,32)33(30,39)16-12-24-19-28(37)40-21-24/h17-19,22,25-27,29,36,38-39H,6-16,20-21H2,1-5H3/t26-,27+,29+,30+,31+,32+,33-,34+/m1/s1. The number of aliphatic hydroxyl groups is 3. The quantitative estimate of drug-likeness (QED) is 0.264. The molecule has 1 aliphatic heterocycles. The number of cyclic esters (lactones) is 1. The lowest BCUT2D eigenvalue weighted by Crippen LogP contribution is -2.83. The number of hydrogen-bond acceptors (Lipinski definition) is 7. The molecule has 3 saturated carbocycles. The highest BCUT2D eigenvalue weighted by Gasteiger charge is 2.81. The van der Waals surface area contributed by atoms with E-state index in [0.29, 0.717) is 37.5 Å². The Balaban J connectivity index is 1.74. The molecule has 7 nitrogen and oxygen atoms in total. The zero-order chi connectivity index (χ0) is 29.8. The highest BCUT2D eigenvalue weighted by atomic mass is 16.5. The van der Waals surface area contributed by atoms with E-state index in [2.05, 4.69) is 20.8 Å². The Morgan fingerprint density at radius 2 is 1.80 bits per heavy atom. The minimum absolute atomic E-state index is 0.202. The van der Waals surface area contributed by atoms with E-state index >= 15 is 0 Å². The fourth-order valence-electron chi connectivity index (χ4n) is 10.3. The van der Waals surface area contributed by atoms with Crippen molar-refractivity contribution in [2.75, 3.05) is 6.61 Å². The number of carbonyl (C=O) groups is 2. The zero-order valence-electron chi connectivity index (χ0n) is 25.8. The Hall–Kier alpha value is -1.70. The summed E-state index contributed by atoms with van der Waals surface area (Å²) < 4.78 is 11.4. The van der Waals surface area contributed by atoms with Crippen molar-refractivity contribution in [2.45, 2.75) is 135 Å². The first-order valence-electron chi connectivity index (χ1n) is 16.1. The van der Waals surface area contributed by atoms with Crippen molar-refractivity contribution in [1.82, 2.24) is 0 Å². The number of ether oxygens (including phenoxy) is 2. The van der Waals surface area contributed by atoms with Crippen LogP contribution in [0.1, 0.15) is 112 Å². The fraction of sp³-hybridized carbons (Fsp3) is 0.824. The summed E-state index contributed by atoms with van der Waals surface area (Å²) in [5, 5.41) is 38.8. The molecule has 230 valence electrons. The Labute approximate surface area is 245 Å². The molecule has 41 heavy (non-hydrogen) atoms. The van der Waals surface area contributed by atoms with Crippen LogP contribution in [0.2, 0.25) is 0 Å². The van der Waals surface area contributed by atoms with Gasteiger partial charge in [0.05, 0.1) is 22.7 Å². The van der Waals surface area contributed by atoms with E-state index in [4.69, 9.17) is 9.47 Å². The average Bonchev–Trinajstić information content (AvgIpc) is 3.34. The van der Waals surface area contributed by atoms with Gasteiger partial charge in [0.15, 0.2) is 0 Å². The predicted molar refractivity (Wildman–Crippen MR) is 156 cm³/mol. The lowest BCUT2D eigenvalue weighted by atomic mass is 9.31. The van der Waals surface area contributed by atoms with Crippen LogP contribution >= 0.6 is 0 Å². The number of hydrogen-bond donors (Lipinski definition) is 3. The third-order valence-corrected chi connectivity index (χ3v) is 12.2. The van der Waals surface area contributed by atoms with E-state index in [9.17, 15) is 24.9 Å². The smallest absolute Gasteiger partial charge is 0.331 e. The van der Waals surface area contributed by atoms with Gasteiger partial charge in [0.25, 0.3) is 0 Å². The first-order valence-corrected chi connectivity index (χ1v) is 16.1. The molecule has 0 aromatic carbocycles. The van der Waals surface area contributed by atoms with Gasteiger partial charge in [-0.25, -0.2) is 4.79 Å². The minimum Gasteiger partial charge on any atom is -0.462 e. The Bertz CT molecular complexity index is 1090. The lowest BCUT2D eigenvalue weighted by molar-refractivity contribution is -0.362. The first-order chi connectivity index (χ1) is 19.2. The van der Waals surface area contributed by atoms with Crippen LogP contribution < -0.4 is 0 Å². The maximum atomic E-state index is 13.4. The molecule has 0 aromatic heterocycles. The average molecular weight is 573 g/mol. The van der Waals surface area contributed by atoms with E-state index in [-0.39, 0.29) is 30.4 Å². The molecule has 8 atom stereocenters. The number of carbonyl (C=O) groups excluding carboxylic acids is 2. The molecule has 2 bridgehead atoms. The van der Waals surface area contributed by atoms with Crippen LogP contribution in [0.15, 0.2) is 23.8 Å². The predicted octanol–water partition coefficient (Wildman–Crippen LogP) is 5.40. The molecule has 7 heteroatoms. The maximum Gasteiger partial charge on any atom is 0.331 e. The van der Waals surface area contributed by atoms with Crippen LogP contribution in [0.25, 0.3) is 0 Å². The van der Waals surface area contributed by atoms with Gasteiger partial charge in [-0.15, -0.1) is 0 Å². The molecule has 3 fully saturated rings. The molecular weight excluding hydrogens is 520 g/mol. The highest BCUT2D eigenvalue weighted by molar-refractivity contribution is 5.85. The van der Waals surface area contributed by atoms with E-state index in [1.54, 1.807) is 0 Å². The largest absolute Gasteiger partial charge is 0.462 e. The number of rotatable bonds is 8. The minimum atomic E-state index is -1.52. The number of esters is 2. The summed E-state index contributed by atoms with van der Waals surface area (Å²) in [5.74, 6) is -0.523. The van der Waals surface area contributed by atoms with Crippen molar-refractivity contribution in [2.24, 2.45) is 34.0 Å². The van der Waals surface area contributed by atoms with Crippen molar-refractivity contribution in [3.8, 4) is 0 Å². The van der Waals surface area contributed by atoms with Crippen LogP contribution in [0.5, 0.6) is 0 Å². The van der Waals surface area contributed by atoms with E-state index in [0.717, 1.165) is 44.1 Å². The Kier molecular flexibility index (Phi) is 8.09. The molecule has 0 amide bonds. The summed E-state index contributed by atoms with van der Waals surface area (Å²) in [5.41, 5.74) is -4.81. The van der Waals surface area contributed by atoms with Gasteiger partial charge in [-0.1, -0.05) is 59.1 Å². The number of fused-ring (bicyclic) bond motifs is 1. The van der Waals surface area contributed by atoms with Crippen LogP contribution in [0, 0.1) is 34.0 Å².